The van der Waals surface area contributed by atoms with Crippen molar-refractivity contribution in [3.8, 4) is 0 Å². The zero-order valence-corrected chi connectivity index (χ0v) is 16.7. The molecule has 0 aromatic carbocycles. The number of nitrogens with zero attached hydrogens (tertiary/aromatic N) is 1. The van der Waals surface area contributed by atoms with Gasteiger partial charge in [0.2, 0.25) is 11.8 Å². The summed E-state index contributed by atoms with van der Waals surface area (Å²) in [5, 5.41) is 2.47. The molecule has 1 N–H and O–H groups in total. The van der Waals surface area contributed by atoms with E-state index in [2.05, 4.69) is 11.9 Å². The third-order valence-electron chi connectivity index (χ3n) is 4.95. The largest absolute Gasteiger partial charge is 0.395 e. The first-order valence-electron chi connectivity index (χ1n) is 9.24. The van der Waals surface area contributed by atoms with Crippen LogP contribution in [0.4, 0.5) is 13.2 Å². The molecule has 1 fully saturated rings. The number of halogens is 3. The van der Waals surface area contributed by atoms with Gasteiger partial charge >= 0.3 is 6.18 Å². The van der Waals surface area contributed by atoms with Crippen LogP contribution in [-0.2, 0) is 14.3 Å². The van der Waals surface area contributed by atoms with Crippen molar-refractivity contribution >= 4 is 11.8 Å². The fourth-order valence-electron chi connectivity index (χ4n) is 3.09. The third kappa shape index (κ3) is 6.23. The number of amides is 2. The Hall–Kier alpha value is -1.57. The Bertz CT molecular complexity index is 547. The molecule has 8 heteroatoms. The Morgan fingerprint density at radius 2 is 1.89 bits per heavy atom. The van der Waals surface area contributed by atoms with E-state index < -0.39 is 41.9 Å². The van der Waals surface area contributed by atoms with Crippen molar-refractivity contribution < 1.29 is 27.5 Å². The van der Waals surface area contributed by atoms with Crippen LogP contribution in [0.1, 0.15) is 41.0 Å². The van der Waals surface area contributed by atoms with E-state index >= 15 is 0 Å². The van der Waals surface area contributed by atoms with Crippen LogP contribution in [0.3, 0.4) is 0 Å². The summed E-state index contributed by atoms with van der Waals surface area (Å²) < 4.78 is 45.9. The number of carbonyl (C=O) groups is 2. The zero-order valence-electron chi connectivity index (χ0n) is 16.7. The van der Waals surface area contributed by atoms with E-state index in [0.29, 0.717) is 6.61 Å². The number of hydrogen-bond donors (Lipinski definition) is 1. The van der Waals surface area contributed by atoms with Crippen molar-refractivity contribution in [3.63, 3.8) is 0 Å². The van der Waals surface area contributed by atoms with Crippen molar-refractivity contribution in [3.05, 3.63) is 12.7 Å². The maximum absolute atomic E-state index is 13.5. The summed E-state index contributed by atoms with van der Waals surface area (Å²) in [6.07, 6.45) is -3.47. The first-order chi connectivity index (χ1) is 12.3. The van der Waals surface area contributed by atoms with E-state index in [1.165, 1.54) is 6.08 Å². The summed E-state index contributed by atoms with van der Waals surface area (Å²) in [7, 11) is 0. The van der Waals surface area contributed by atoms with Crippen molar-refractivity contribution in [2.24, 2.45) is 17.3 Å². The fourth-order valence-corrected chi connectivity index (χ4v) is 3.09. The van der Waals surface area contributed by atoms with Gasteiger partial charge in [-0.3, -0.25) is 9.59 Å². The minimum Gasteiger partial charge on any atom is -0.378 e. The summed E-state index contributed by atoms with van der Waals surface area (Å²) >= 11 is 0. The second-order valence-corrected chi connectivity index (χ2v) is 7.90. The number of hydrogen-bond acceptors (Lipinski definition) is 3. The van der Waals surface area contributed by atoms with Crippen LogP contribution in [0.5, 0.6) is 0 Å². The highest BCUT2D eigenvalue weighted by Crippen LogP contribution is 2.35. The topological polar surface area (TPSA) is 58.6 Å². The normalized spacial score (nSPS) is 22.0. The lowest BCUT2D eigenvalue weighted by Gasteiger charge is -2.26. The summed E-state index contributed by atoms with van der Waals surface area (Å²) in [5.74, 6) is -2.67. The molecule has 2 amide bonds. The molecule has 1 aliphatic rings. The van der Waals surface area contributed by atoms with Gasteiger partial charge in [-0.15, -0.1) is 6.58 Å². The van der Waals surface area contributed by atoms with Gasteiger partial charge in [0, 0.05) is 19.7 Å². The Morgan fingerprint density at radius 1 is 1.30 bits per heavy atom. The molecule has 1 unspecified atom stereocenters. The second kappa shape index (κ2) is 9.08. The monoisotopic (exact) mass is 392 g/mol. The predicted octanol–water partition coefficient (Wildman–Crippen LogP) is 3.16. The molecule has 1 saturated heterocycles. The van der Waals surface area contributed by atoms with Crippen LogP contribution < -0.4 is 5.32 Å². The molecule has 1 aliphatic heterocycles. The molecule has 0 bridgehead atoms. The Kier molecular flexibility index (Phi) is 7.89. The van der Waals surface area contributed by atoms with Gasteiger partial charge in [-0.25, -0.2) is 0 Å². The summed E-state index contributed by atoms with van der Waals surface area (Å²) in [6, 6.07) is -1.17. The highest BCUT2D eigenvalue weighted by atomic mass is 19.4. The van der Waals surface area contributed by atoms with Gasteiger partial charge in [-0.1, -0.05) is 19.9 Å². The molecule has 0 radical (unpaired) electrons. The molecular formula is C19H31F3N2O3. The van der Waals surface area contributed by atoms with Crippen molar-refractivity contribution in [1.29, 1.82) is 0 Å². The second-order valence-electron chi connectivity index (χ2n) is 7.90. The van der Waals surface area contributed by atoms with E-state index in [0.717, 1.165) is 4.90 Å². The van der Waals surface area contributed by atoms with Crippen LogP contribution in [0.2, 0.25) is 0 Å². The van der Waals surface area contributed by atoms with Gasteiger partial charge in [0.25, 0.3) is 0 Å². The van der Waals surface area contributed by atoms with Crippen molar-refractivity contribution in [2.45, 2.75) is 59.4 Å². The number of ether oxygens (including phenoxy) is 1. The summed E-state index contributed by atoms with van der Waals surface area (Å²) in [4.78, 5) is 26.0. The van der Waals surface area contributed by atoms with Crippen molar-refractivity contribution in [2.75, 3.05) is 19.7 Å². The number of rotatable bonds is 8. The van der Waals surface area contributed by atoms with Crippen molar-refractivity contribution in [1.82, 2.24) is 10.2 Å². The first-order valence-corrected chi connectivity index (χ1v) is 9.24. The minimum atomic E-state index is -4.51. The minimum absolute atomic E-state index is 0.0152. The Labute approximate surface area is 159 Å². The maximum Gasteiger partial charge on any atom is 0.395 e. The van der Waals surface area contributed by atoms with Crippen LogP contribution in [-0.4, -0.2) is 54.7 Å². The summed E-state index contributed by atoms with van der Waals surface area (Å²) in [5.41, 5.74) is -0.966. The van der Waals surface area contributed by atoms with Gasteiger partial charge in [-0.05, 0) is 26.7 Å². The van der Waals surface area contributed by atoms with Gasteiger partial charge in [0.15, 0.2) is 0 Å². The molecular weight excluding hydrogens is 361 g/mol. The SMILES string of the molecule is C=CC(C)(C)C(=O)N1C[C@@H](C(F)(F)F)[C@H](NC(=O)CC(OCC)C(C)C)C1. The first kappa shape index (κ1) is 23.5. The molecule has 1 rings (SSSR count). The van der Waals surface area contributed by atoms with E-state index in [4.69, 9.17) is 4.74 Å². The molecule has 156 valence electrons. The smallest absolute Gasteiger partial charge is 0.378 e. The molecule has 0 aromatic heterocycles. The highest BCUT2D eigenvalue weighted by molar-refractivity contribution is 5.84. The maximum atomic E-state index is 13.5. The van der Waals surface area contributed by atoms with Crippen LogP contribution in [0.15, 0.2) is 12.7 Å². The number of likely N-dealkylation sites (tertiary alicyclic amines) is 1. The van der Waals surface area contributed by atoms with E-state index in [9.17, 15) is 22.8 Å². The van der Waals surface area contributed by atoms with Gasteiger partial charge in [0.1, 0.15) is 0 Å². The Balaban J connectivity index is 2.88. The van der Waals surface area contributed by atoms with Gasteiger partial charge in [-0.2, -0.15) is 13.2 Å². The fraction of sp³-hybridized carbons (Fsp3) is 0.789. The molecule has 5 nitrogen and oxygen atoms in total. The van der Waals surface area contributed by atoms with E-state index in [-0.39, 0.29) is 25.0 Å². The van der Waals surface area contributed by atoms with E-state index in [1.807, 2.05) is 13.8 Å². The lowest BCUT2D eigenvalue weighted by Crippen LogP contribution is -2.46. The Morgan fingerprint density at radius 3 is 2.33 bits per heavy atom. The quantitative estimate of drug-likeness (QED) is 0.646. The highest BCUT2D eigenvalue weighted by Gasteiger charge is 2.52. The zero-order chi connectivity index (χ0) is 21.0. The molecule has 0 aliphatic carbocycles. The molecule has 0 saturated carbocycles. The predicted molar refractivity (Wildman–Crippen MR) is 96.9 cm³/mol. The molecule has 1 heterocycles. The lowest BCUT2D eigenvalue weighted by atomic mass is 9.92. The molecule has 0 aromatic rings. The average molecular weight is 392 g/mol. The summed E-state index contributed by atoms with van der Waals surface area (Å²) in [6.45, 7) is 12.1. The molecule has 3 atom stereocenters. The average Bonchev–Trinajstić information content (AvgIpc) is 2.97. The standard InChI is InChI=1S/C19H31F3N2O3/c1-7-18(5,6)17(26)24-10-13(19(20,21)22)14(11-24)23-16(25)9-15(12(3)4)27-8-2/h7,12-15H,1,8-11H2,2-6H3,(H,23,25)/t13-,14-,15?/m1/s1. The molecule has 27 heavy (non-hydrogen) atoms. The van der Waals surface area contributed by atoms with Gasteiger partial charge in [0.05, 0.1) is 29.9 Å². The van der Waals surface area contributed by atoms with Crippen LogP contribution in [0, 0.1) is 17.3 Å². The van der Waals surface area contributed by atoms with Crippen LogP contribution in [0.25, 0.3) is 0 Å². The van der Waals surface area contributed by atoms with E-state index in [1.54, 1.807) is 20.8 Å². The number of nitrogens with one attached hydrogen (secondary N) is 1. The number of alkyl halides is 3. The lowest BCUT2D eigenvalue weighted by molar-refractivity contribution is -0.176. The van der Waals surface area contributed by atoms with Gasteiger partial charge < -0.3 is 15.0 Å². The third-order valence-corrected chi connectivity index (χ3v) is 4.95. The molecule has 0 spiro atoms. The van der Waals surface area contributed by atoms with Crippen LogP contribution >= 0.6 is 0 Å². The number of carbonyl (C=O) groups excluding carboxylic acids is 2.